The number of para-hydroxylation sites is 1. The smallest absolute Gasteiger partial charge is 0.249 e. The van der Waals surface area contributed by atoms with Gasteiger partial charge in [0, 0.05) is 24.9 Å². The van der Waals surface area contributed by atoms with Crippen LogP contribution < -0.4 is 19.7 Å². The third kappa shape index (κ3) is 3.78. The fourth-order valence-corrected chi connectivity index (χ4v) is 2.60. The molecule has 3 aromatic rings. The van der Waals surface area contributed by atoms with Gasteiger partial charge in [0.05, 0.1) is 31.1 Å². The highest BCUT2D eigenvalue weighted by atomic mass is 35.5. The van der Waals surface area contributed by atoms with Crippen LogP contribution in [0.3, 0.4) is 0 Å². The van der Waals surface area contributed by atoms with Crippen LogP contribution in [0.5, 0.6) is 11.5 Å². The summed E-state index contributed by atoms with van der Waals surface area (Å²) in [5.74, 6) is 2.03. The largest absolute Gasteiger partial charge is 0.495 e. The molecular weight excluding hydrogens is 354 g/mol. The average Bonchev–Trinajstić information content (AvgIpc) is 2.69. The van der Waals surface area contributed by atoms with Gasteiger partial charge in [0.25, 0.3) is 0 Å². The van der Waals surface area contributed by atoms with E-state index in [0.717, 1.165) is 5.69 Å². The molecular formula is C18H18ClN5O2. The Morgan fingerprint density at radius 1 is 1.04 bits per heavy atom. The van der Waals surface area contributed by atoms with Gasteiger partial charge in [-0.15, -0.1) is 5.10 Å². The zero-order valence-electron chi connectivity index (χ0n) is 14.6. The van der Waals surface area contributed by atoms with Crippen molar-refractivity contribution in [2.75, 3.05) is 31.5 Å². The van der Waals surface area contributed by atoms with Crippen molar-refractivity contribution in [2.24, 2.45) is 0 Å². The van der Waals surface area contributed by atoms with Crippen LogP contribution in [0.25, 0.3) is 0 Å². The van der Waals surface area contributed by atoms with Crippen molar-refractivity contribution < 1.29 is 9.47 Å². The van der Waals surface area contributed by atoms with Crippen molar-refractivity contribution >= 4 is 34.7 Å². The first kappa shape index (κ1) is 17.8. The molecule has 0 saturated heterocycles. The first-order valence-electron chi connectivity index (χ1n) is 7.79. The minimum atomic E-state index is 0.327. The molecule has 7 nitrogen and oxygen atoms in total. The lowest BCUT2D eigenvalue weighted by atomic mass is 10.2. The van der Waals surface area contributed by atoms with Gasteiger partial charge in [0.1, 0.15) is 11.5 Å². The number of methoxy groups -OCH3 is 2. The van der Waals surface area contributed by atoms with Gasteiger partial charge >= 0.3 is 0 Å². The van der Waals surface area contributed by atoms with Crippen molar-refractivity contribution in [1.29, 1.82) is 0 Å². The van der Waals surface area contributed by atoms with E-state index in [4.69, 9.17) is 21.1 Å². The molecule has 0 aliphatic heterocycles. The normalized spacial score (nSPS) is 10.3. The Morgan fingerprint density at radius 2 is 1.77 bits per heavy atom. The molecule has 0 fully saturated rings. The molecule has 1 aromatic heterocycles. The molecule has 0 radical (unpaired) electrons. The molecule has 0 bridgehead atoms. The summed E-state index contributed by atoms with van der Waals surface area (Å²) in [7, 11) is 5.02. The highest BCUT2D eigenvalue weighted by Crippen LogP contribution is 2.37. The Morgan fingerprint density at radius 3 is 2.46 bits per heavy atom. The second-order valence-corrected chi connectivity index (χ2v) is 5.75. The van der Waals surface area contributed by atoms with E-state index < -0.39 is 0 Å². The number of anilines is 4. The van der Waals surface area contributed by atoms with Gasteiger partial charge in [0.2, 0.25) is 5.95 Å². The topological polar surface area (TPSA) is 72.4 Å². The molecule has 0 unspecified atom stereocenters. The predicted octanol–water partition coefficient (Wildman–Crippen LogP) is 4.05. The standard InChI is InChI=1S/C18H18ClN5O2/c1-24(12-7-5-4-6-8-12)17-11-20-23-18(22-17)21-14-10-15(25-2)13(19)9-16(14)26-3/h4-11H,1-3H3,(H,21,22,23). The number of hydrogen-bond donors (Lipinski definition) is 1. The van der Waals surface area contributed by atoms with Crippen molar-refractivity contribution in [2.45, 2.75) is 0 Å². The number of aromatic nitrogens is 3. The van der Waals surface area contributed by atoms with E-state index in [9.17, 15) is 0 Å². The van der Waals surface area contributed by atoms with Gasteiger partial charge in [-0.1, -0.05) is 29.8 Å². The predicted molar refractivity (Wildman–Crippen MR) is 102 cm³/mol. The van der Waals surface area contributed by atoms with Crippen molar-refractivity contribution in [3.05, 3.63) is 53.7 Å². The summed E-state index contributed by atoms with van der Waals surface area (Å²) in [6.45, 7) is 0. The molecule has 1 N–H and O–H groups in total. The second-order valence-electron chi connectivity index (χ2n) is 5.34. The summed E-state index contributed by atoms with van der Waals surface area (Å²) in [6.07, 6.45) is 1.60. The minimum absolute atomic E-state index is 0.327. The number of nitrogens with zero attached hydrogens (tertiary/aromatic N) is 4. The van der Waals surface area contributed by atoms with Gasteiger partial charge in [-0.25, -0.2) is 0 Å². The van der Waals surface area contributed by atoms with Crippen molar-refractivity contribution in [1.82, 2.24) is 15.2 Å². The van der Waals surface area contributed by atoms with E-state index in [0.29, 0.717) is 34.0 Å². The molecule has 0 amide bonds. The number of hydrogen-bond acceptors (Lipinski definition) is 7. The van der Waals surface area contributed by atoms with Crippen molar-refractivity contribution in [3.8, 4) is 11.5 Å². The Balaban J connectivity index is 1.90. The Bertz CT molecular complexity index is 892. The highest BCUT2D eigenvalue weighted by molar-refractivity contribution is 6.32. The Hall–Kier alpha value is -3.06. The molecule has 134 valence electrons. The number of nitrogens with one attached hydrogen (secondary N) is 1. The van der Waals surface area contributed by atoms with Gasteiger partial charge in [-0.05, 0) is 12.1 Å². The van der Waals surface area contributed by atoms with Crippen LogP contribution in [-0.2, 0) is 0 Å². The van der Waals surface area contributed by atoms with E-state index in [1.165, 1.54) is 0 Å². The van der Waals surface area contributed by atoms with Gasteiger partial charge in [0.15, 0.2) is 5.82 Å². The molecule has 0 aliphatic carbocycles. The zero-order valence-corrected chi connectivity index (χ0v) is 15.4. The fourth-order valence-electron chi connectivity index (χ4n) is 2.37. The lowest BCUT2D eigenvalue weighted by Crippen LogP contribution is -2.13. The second kappa shape index (κ2) is 7.88. The monoisotopic (exact) mass is 371 g/mol. The van der Waals surface area contributed by atoms with Crippen LogP contribution in [0, 0.1) is 0 Å². The van der Waals surface area contributed by atoms with E-state index in [1.807, 2.05) is 42.3 Å². The Kier molecular flexibility index (Phi) is 5.38. The minimum Gasteiger partial charge on any atom is -0.495 e. The fraction of sp³-hybridized carbons (Fsp3) is 0.167. The molecule has 0 aliphatic rings. The third-order valence-electron chi connectivity index (χ3n) is 3.75. The Labute approximate surface area is 156 Å². The van der Waals surface area contributed by atoms with E-state index in [-0.39, 0.29) is 0 Å². The van der Waals surface area contributed by atoms with Crippen LogP contribution in [-0.4, -0.2) is 36.4 Å². The molecule has 1 heterocycles. The zero-order chi connectivity index (χ0) is 18.5. The maximum atomic E-state index is 6.13. The van der Waals surface area contributed by atoms with E-state index >= 15 is 0 Å². The number of ether oxygens (including phenoxy) is 2. The average molecular weight is 372 g/mol. The highest BCUT2D eigenvalue weighted by Gasteiger charge is 2.13. The molecule has 8 heteroatoms. The molecule has 0 atom stereocenters. The molecule has 0 spiro atoms. The quantitative estimate of drug-likeness (QED) is 0.700. The van der Waals surface area contributed by atoms with Gasteiger partial charge in [-0.3, -0.25) is 0 Å². The van der Waals surface area contributed by atoms with Crippen LogP contribution in [0.2, 0.25) is 5.02 Å². The maximum absolute atomic E-state index is 6.13. The summed E-state index contributed by atoms with van der Waals surface area (Å²) >= 11 is 6.13. The van der Waals surface area contributed by atoms with Crippen LogP contribution in [0.4, 0.5) is 23.1 Å². The molecule has 3 rings (SSSR count). The number of rotatable bonds is 6. The lowest BCUT2D eigenvalue weighted by molar-refractivity contribution is 0.405. The van der Waals surface area contributed by atoms with Crippen LogP contribution in [0.15, 0.2) is 48.7 Å². The van der Waals surface area contributed by atoms with Crippen LogP contribution >= 0.6 is 11.6 Å². The van der Waals surface area contributed by atoms with E-state index in [1.54, 1.807) is 32.5 Å². The maximum Gasteiger partial charge on any atom is 0.249 e. The van der Waals surface area contributed by atoms with Crippen molar-refractivity contribution in [3.63, 3.8) is 0 Å². The van der Waals surface area contributed by atoms with Gasteiger partial charge < -0.3 is 19.7 Å². The first-order chi connectivity index (χ1) is 12.6. The summed E-state index contributed by atoms with van der Waals surface area (Å²) in [4.78, 5) is 6.43. The first-order valence-corrected chi connectivity index (χ1v) is 8.17. The molecule has 26 heavy (non-hydrogen) atoms. The van der Waals surface area contributed by atoms with Gasteiger partial charge in [-0.2, -0.15) is 10.1 Å². The third-order valence-corrected chi connectivity index (χ3v) is 4.05. The number of halogens is 1. The van der Waals surface area contributed by atoms with E-state index in [2.05, 4.69) is 20.5 Å². The number of benzene rings is 2. The van der Waals surface area contributed by atoms with Crippen LogP contribution in [0.1, 0.15) is 0 Å². The summed E-state index contributed by atoms with van der Waals surface area (Å²) in [5.41, 5.74) is 1.61. The SMILES string of the molecule is COc1cc(Nc2nncc(N(C)c3ccccc3)n2)c(OC)cc1Cl. The molecule has 0 saturated carbocycles. The molecule has 2 aromatic carbocycles. The summed E-state index contributed by atoms with van der Waals surface area (Å²) in [6, 6.07) is 13.2. The summed E-state index contributed by atoms with van der Waals surface area (Å²) < 4.78 is 10.6. The summed E-state index contributed by atoms with van der Waals surface area (Å²) in [5, 5.41) is 11.6. The lowest BCUT2D eigenvalue weighted by Gasteiger charge is -2.18.